The molecule has 0 amide bonds. The van der Waals surface area contributed by atoms with Crippen LogP contribution in [-0.4, -0.2) is 41.7 Å². The number of hydrogen-bond donors (Lipinski definition) is 2. The molecule has 0 saturated carbocycles. The van der Waals surface area contributed by atoms with Crippen LogP contribution in [0.25, 0.3) is 108 Å². The third-order valence-electron chi connectivity index (χ3n) is 13.5. The second kappa shape index (κ2) is 27.4. The summed E-state index contributed by atoms with van der Waals surface area (Å²) in [7, 11) is 0. The van der Waals surface area contributed by atoms with Crippen LogP contribution in [0.15, 0.2) is 160 Å². The van der Waals surface area contributed by atoms with Gasteiger partial charge in [-0.3, -0.25) is 9.59 Å². The summed E-state index contributed by atoms with van der Waals surface area (Å²) < 4.78 is 14.8. The first-order chi connectivity index (χ1) is 38.7. The molecule has 0 aliphatic rings. The number of hydrogen-bond acceptors (Lipinski definition) is 12. The molecule has 2 N–H and O–H groups in total. The zero-order chi connectivity index (χ0) is 57.8. The number of allylic oxidation sites excluding steroid dienone is 4. The van der Waals surface area contributed by atoms with Crippen molar-refractivity contribution in [2.45, 2.75) is 101 Å². The molecule has 83 heavy (non-hydrogen) atoms. The average molecular weight is 1490 g/mol. The number of ketones is 2. The molecule has 0 unspecified atom stereocenters. The predicted octanol–water partition coefficient (Wildman–Crippen LogP) is 19.5. The van der Waals surface area contributed by atoms with Gasteiger partial charge < -0.3 is 29.0 Å². The third kappa shape index (κ3) is 14.6. The van der Waals surface area contributed by atoms with Crippen molar-refractivity contribution in [3.05, 3.63) is 192 Å². The Hall–Kier alpha value is -7.28. The van der Waals surface area contributed by atoms with Crippen LogP contribution < -0.4 is 0 Å². The Balaban J connectivity index is 0.000000191. The normalized spacial score (nSPS) is 11.6. The van der Waals surface area contributed by atoms with Crippen LogP contribution in [0, 0.1) is 26.0 Å². The standard InChI is InChI=1S/C31H27N2OS.C28H21N2OS.2C5H8O2.2Ir/c1-17(2)21-8-6-9-22(18(3)4)29(21)28-14-20-16-32-26(15-27(20)35-28)25-11-7-10-23-24-13-12-19(5)33-31(24)34-30(23)25;1-16(2)18-8-10-19(11-9-18)25-13-20-15-29-24(14-26(20)32-25)23-6-4-5-21-22-12-7-17(3)30-28(22)31-27(21)23;2*1-4(6)3-5(2)7;;/h6-10,12-18H,1-5H3;4-5,7-16H,1-3H3;2*3,6H,1-2H3;;/q2*-1;;;;. The molecule has 0 atom stereocenters. The van der Waals surface area contributed by atoms with Crippen molar-refractivity contribution in [1.29, 1.82) is 0 Å². The van der Waals surface area contributed by atoms with Gasteiger partial charge in [0, 0.05) is 117 Å². The van der Waals surface area contributed by atoms with Gasteiger partial charge in [-0.1, -0.05) is 118 Å². The zero-order valence-electron chi connectivity index (χ0n) is 48.3. The van der Waals surface area contributed by atoms with Crippen molar-refractivity contribution in [3.8, 4) is 43.4 Å². The van der Waals surface area contributed by atoms with Gasteiger partial charge in [-0.25, -0.2) is 9.97 Å². The number of benzene rings is 4. The second-order valence-corrected chi connectivity index (χ2v) is 23.3. The maximum atomic E-state index is 10.0. The van der Waals surface area contributed by atoms with Crippen LogP contribution in [0.3, 0.4) is 0 Å². The van der Waals surface area contributed by atoms with E-state index < -0.39 is 0 Å². The minimum Gasteiger partial charge on any atom is -0.512 e. The van der Waals surface area contributed by atoms with E-state index in [-0.39, 0.29) is 63.3 Å². The van der Waals surface area contributed by atoms with E-state index in [4.69, 9.17) is 29.0 Å². The molecule has 0 aliphatic heterocycles. The fourth-order valence-corrected chi connectivity index (χ4v) is 11.9. The fraction of sp³-hybridized carbons (Fsp3) is 0.217. The molecule has 8 heterocycles. The van der Waals surface area contributed by atoms with E-state index in [0.717, 1.165) is 77.4 Å². The number of rotatable bonds is 9. The Morgan fingerprint density at radius 1 is 0.542 bits per heavy atom. The molecule has 428 valence electrons. The third-order valence-corrected chi connectivity index (χ3v) is 15.8. The van der Waals surface area contributed by atoms with Crippen LogP contribution in [0.1, 0.15) is 115 Å². The topological polar surface area (TPSA) is 152 Å². The first kappa shape index (κ1) is 63.3. The SMILES string of the molecule is CC(=O)C=C(C)O.CC(=O)C=C(C)O.Cc1ccc2c(n1)oc1c(-c3cc4sc(-c5c(C(C)C)cccc5C(C)C)cc4cn3)[c-]ccc12.Cc1ccc2c(n1)oc1c(-c3cc4sc(-c5ccc(C(C)C)cc5)cc4cn3)[c-]ccc12.[Ir].[Ir]. The molecule has 10 nitrogen and oxygen atoms in total. The first-order valence-electron chi connectivity index (χ1n) is 26.9. The molecule has 2 radical (unpaired) electrons. The molecule has 0 spiro atoms. The number of aliphatic hydroxyl groups is 2. The minimum atomic E-state index is -0.125. The minimum absolute atomic E-state index is 0. The summed E-state index contributed by atoms with van der Waals surface area (Å²) in [6.07, 6.45) is 6.26. The number of aromatic nitrogens is 4. The van der Waals surface area contributed by atoms with Gasteiger partial charge in [0.2, 0.25) is 11.4 Å². The fourth-order valence-electron chi connectivity index (χ4n) is 9.67. The maximum Gasteiger partial charge on any atom is 0.216 e. The van der Waals surface area contributed by atoms with Crippen LogP contribution in [-0.2, 0) is 49.8 Å². The summed E-state index contributed by atoms with van der Waals surface area (Å²) in [4.78, 5) is 41.3. The number of carbonyl (C=O) groups is 2. The van der Waals surface area contributed by atoms with Gasteiger partial charge >= 0.3 is 0 Å². The van der Waals surface area contributed by atoms with E-state index in [0.29, 0.717) is 29.2 Å². The van der Waals surface area contributed by atoms with E-state index in [1.807, 2.05) is 74.0 Å². The second-order valence-electron chi connectivity index (χ2n) is 21.1. The van der Waals surface area contributed by atoms with Crippen molar-refractivity contribution < 1.29 is 68.8 Å². The summed E-state index contributed by atoms with van der Waals surface area (Å²) in [6, 6.07) is 47.3. The molecule has 12 rings (SSSR count). The summed E-state index contributed by atoms with van der Waals surface area (Å²) in [5.41, 5.74) is 15.0. The molecular weight excluding hydrogens is 1430 g/mol. The number of thiophene rings is 2. The Morgan fingerprint density at radius 3 is 1.37 bits per heavy atom. The van der Waals surface area contributed by atoms with Crippen molar-refractivity contribution in [1.82, 2.24) is 19.9 Å². The van der Waals surface area contributed by atoms with Gasteiger partial charge in [-0.15, -0.1) is 59.1 Å². The summed E-state index contributed by atoms with van der Waals surface area (Å²) in [5.74, 6) is 1.33. The van der Waals surface area contributed by atoms with Crippen molar-refractivity contribution in [3.63, 3.8) is 0 Å². The van der Waals surface area contributed by atoms with E-state index in [9.17, 15) is 9.59 Å². The van der Waals surface area contributed by atoms with Gasteiger partial charge in [-0.2, -0.15) is 0 Å². The van der Waals surface area contributed by atoms with Crippen molar-refractivity contribution in [2.75, 3.05) is 0 Å². The number of aryl methyl sites for hydroxylation is 2. The van der Waals surface area contributed by atoms with Crippen molar-refractivity contribution in [2.24, 2.45) is 0 Å². The predicted molar refractivity (Wildman–Crippen MR) is 335 cm³/mol. The molecule has 14 heteroatoms. The summed E-state index contributed by atoms with van der Waals surface area (Å²) >= 11 is 3.63. The van der Waals surface area contributed by atoms with Crippen LogP contribution in [0.5, 0.6) is 0 Å². The van der Waals surface area contributed by atoms with Gasteiger partial charge in [-0.05, 0) is 135 Å². The van der Waals surface area contributed by atoms with Gasteiger partial charge in [0.15, 0.2) is 11.6 Å². The van der Waals surface area contributed by atoms with Gasteiger partial charge in [0.1, 0.15) is 0 Å². The van der Waals surface area contributed by atoms with E-state index in [1.165, 1.54) is 86.8 Å². The number of aliphatic hydroxyl groups excluding tert-OH is 2. The monoisotopic (exact) mass is 1490 g/mol. The quantitative estimate of drug-likeness (QED) is 0.0811. The molecule has 0 fully saturated rings. The molecule has 8 aromatic heterocycles. The molecule has 12 aromatic rings. The summed E-state index contributed by atoms with van der Waals surface area (Å²) in [6.45, 7) is 23.2. The van der Waals surface area contributed by atoms with Crippen molar-refractivity contribution >= 4 is 98.6 Å². The number of carbonyl (C=O) groups excluding carboxylic acids is 2. The Bertz CT molecular complexity index is 4310. The molecule has 0 aliphatic carbocycles. The van der Waals surface area contributed by atoms with Gasteiger partial charge in [0.25, 0.3) is 0 Å². The zero-order valence-corrected chi connectivity index (χ0v) is 54.7. The van der Waals surface area contributed by atoms with E-state index in [2.05, 4.69) is 143 Å². The molecule has 0 bridgehead atoms. The van der Waals surface area contributed by atoms with Gasteiger partial charge in [0.05, 0.1) is 22.7 Å². The molecule has 0 saturated heterocycles. The Labute approximate surface area is 519 Å². The smallest absolute Gasteiger partial charge is 0.216 e. The Kier molecular flexibility index (Phi) is 20.9. The Morgan fingerprint density at radius 2 is 0.976 bits per heavy atom. The molecule has 4 aromatic carbocycles. The van der Waals surface area contributed by atoms with E-state index >= 15 is 0 Å². The summed E-state index contributed by atoms with van der Waals surface area (Å²) in [5, 5.41) is 23.2. The number of fused-ring (bicyclic) bond motifs is 8. The number of furan rings is 2. The number of pyridine rings is 4. The van der Waals surface area contributed by atoms with Crippen LogP contribution in [0.2, 0.25) is 0 Å². The maximum absolute atomic E-state index is 10.0. The number of nitrogens with zero attached hydrogens (tertiary/aromatic N) is 4. The van der Waals surface area contributed by atoms with E-state index in [1.54, 1.807) is 11.3 Å². The van der Waals surface area contributed by atoms with Crippen LogP contribution in [0.4, 0.5) is 0 Å². The average Bonchev–Trinajstić information content (AvgIpc) is 4.29. The first-order valence-corrected chi connectivity index (χ1v) is 28.6. The molecular formula is C69H64Ir2N4O6S2-2. The largest absolute Gasteiger partial charge is 0.512 e. The van der Waals surface area contributed by atoms with Crippen LogP contribution >= 0.6 is 22.7 Å².